The van der Waals surface area contributed by atoms with Gasteiger partial charge in [0.05, 0.1) is 6.54 Å². The number of benzene rings is 1. The van der Waals surface area contributed by atoms with Crippen LogP contribution in [0.25, 0.3) is 0 Å². The van der Waals surface area contributed by atoms with Crippen molar-refractivity contribution in [1.82, 2.24) is 15.5 Å². The van der Waals surface area contributed by atoms with E-state index in [1.54, 1.807) is 12.1 Å². The maximum Gasteiger partial charge on any atom is 0.251 e. The molecule has 0 spiro atoms. The van der Waals surface area contributed by atoms with Gasteiger partial charge in [-0.05, 0) is 37.4 Å². The highest BCUT2D eigenvalue weighted by atomic mass is 16.2. The van der Waals surface area contributed by atoms with Gasteiger partial charge in [-0.15, -0.1) is 0 Å². The first-order chi connectivity index (χ1) is 10.2. The maximum atomic E-state index is 12.2. The van der Waals surface area contributed by atoms with E-state index in [-0.39, 0.29) is 18.4 Å². The van der Waals surface area contributed by atoms with E-state index in [1.807, 2.05) is 23.1 Å². The number of carbonyl (C=O) groups is 2. The van der Waals surface area contributed by atoms with Gasteiger partial charge in [0.15, 0.2) is 0 Å². The number of nitrogens with one attached hydrogen (secondary N) is 2. The van der Waals surface area contributed by atoms with Crippen LogP contribution in [0.5, 0.6) is 0 Å². The number of hydrogen-bond acceptors (Lipinski definition) is 3. The number of rotatable bonds is 3. The van der Waals surface area contributed by atoms with Crippen LogP contribution >= 0.6 is 0 Å². The number of carbonyl (C=O) groups excluding carboxylic acids is 2. The van der Waals surface area contributed by atoms with Gasteiger partial charge < -0.3 is 15.5 Å². The standard InChI is InChI=1S/C16H21N3O2/c20-15(10-18-16(21)12-4-2-1-3-5-12)19-9-7-14-13(11-19)6-8-17-14/h1-5,13-14,17H,6-11H2,(H,18,21). The van der Waals surface area contributed by atoms with Crippen molar-refractivity contribution in [2.45, 2.75) is 18.9 Å². The van der Waals surface area contributed by atoms with Crippen molar-refractivity contribution in [1.29, 1.82) is 0 Å². The molecule has 0 saturated carbocycles. The van der Waals surface area contributed by atoms with Crippen molar-refractivity contribution >= 4 is 11.8 Å². The fourth-order valence-corrected chi connectivity index (χ4v) is 3.23. The van der Waals surface area contributed by atoms with Gasteiger partial charge in [-0.1, -0.05) is 18.2 Å². The number of likely N-dealkylation sites (tertiary alicyclic amines) is 1. The Morgan fingerprint density at radius 3 is 2.86 bits per heavy atom. The van der Waals surface area contributed by atoms with Gasteiger partial charge in [-0.3, -0.25) is 9.59 Å². The summed E-state index contributed by atoms with van der Waals surface area (Å²) in [4.78, 5) is 26.0. The molecule has 3 rings (SSSR count). The molecule has 2 aliphatic rings. The molecule has 2 unspecified atom stereocenters. The highest BCUT2D eigenvalue weighted by Gasteiger charge is 2.34. The van der Waals surface area contributed by atoms with Crippen LogP contribution in [0.1, 0.15) is 23.2 Å². The molecule has 2 saturated heterocycles. The summed E-state index contributed by atoms with van der Waals surface area (Å²) in [6.07, 6.45) is 2.16. The summed E-state index contributed by atoms with van der Waals surface area (Å²) in [5, 5.41) is 6.19. The number of fused-ring (bicyclic) bond motifs is 1. The Kier molecular flexibility index (Phi) is 4.20. The van der Waals surface area contributed by atoms with E-state index in [4.69, 9.17) is 0 Å². The lowest BCUT2D eigenvalue weighted by Gasteiger charge is -2.34. The minimum Gasteiger partial charge on any atom is -0.343 e. The summed E-state index contributed by atoms with van der Waals surface area (Å²) < 4.78 is 0. The zero-order chi connectivity index (χ0) is 14.7. The van der Waals surface area contributed by atoms with Crippen molar-refractivity contribution in [2.24, 2.45) is 5.92 Å². The second-order valence-corrected chi connectivity index (χ2v) is 5.79. The molecule has 2 heterocycles. The van der Waals surface area contributed by atoms with Crippen LogP contribution in [0, 0.1) is 5.92 Å². The van der Waals surface area contributed by atoms with Gasteiger partial charge in [0.25, 0.3) is 5.91 Å². The molecule has 5 heteroatoms. The summed E-state index contributed by atoms with van der Waals surface area (Å²) in [5.41, 5.74) is 0.587. The largest absolute Gasteiger partial charge is 0.343 e. The Balaban J connectivity index is 1.49. The molecule has 0 radical (unpaired) electrons. The van der Waals surface area contributed by atoms with Gasteiger partial charge in [0.2, 0.25) is 5.91 Å². The van der Waals surface area contributed by atoms with Crippen LogP contribution < -0.4 is 10.6 Å². The summed E-state index contributed by atoms with van der Waals surface area (Å²) in [7, 11) is 0. The SMILES string of the molecule is O=C(NCC(=O)N1CCC2NCCC2C1)c1ccccc1. The predicted octanol–water partition coefficient (Wildman–Crippen LogP) is 0.627. The van der Waals surface area contributed by atoms with Crippen LogP contribution in [0.15, 0.2) is 30.3 Å². The summed E-state index contributed by atoms with van der Waals surface area (Å²) in [6, 6.07) is 9.56. The van der Waals surface area contributed by atoms with E-state index in [0.717, 1.165) is 32.5 Å². The van der Waals surface area contributed by atoms with Crippen molar-refractivity contribution in [2.75, 3.05) is 26.2 Å². The fraction of sp³-hybridized carbons (Fsp3) is 0.500. The average molecular weight is 287 g/mol. The lowest BCUT2D eigenvalue weighted by molar-refractivity contribution is -0.132. The lowest BCUT2D eigenvalue weighted by Crippen LogP contribution is -2.49. The molecule has 2 amide bonds. The van der Waals surface area contributed by atoms with Crippen LogP contribution in [-0.4, -0.2) is 48.9 Å². The molecule has 1 aromatic rings. The minimum absolute atomic E-state index is 0.0182. The Labute approximate surface area is 124 Å². The van der Waals surface area contributed by atoms with Crippen molar-refractivity contribution in [3.63, 3.8) is 0 Å². The molecule has 0 aliphatic carbocycles. The number of amides is 2. The third kappa shape index (κ3) is 3.24. The van der Waals surface area contributed by atoms with Crippen molar-refractivity contribution in [3.8, 4) is 0 Å². The molecule has 21 heavy (non-hydrogen) atoms. The Bertz CT molecular complexity index is 518. The Hall–Kier alpha value is -1.88. The first-order valence-electron chi connectivity index (χ1n) is 7.58. The predicted molar refractivity (Wildman–Crippen MR) is 79.9 cm³/mol. The zero-order valence-electron chi connectivity index (χ0n) is 12.0. The molecule has 1 aromatic carbocycles. The third-order valence-electron chi connectivity index (χ3n) is 4.44. The smallest absolute Gasteiger partial charge is 0.251 e. The van der Waals surface area contributed by atoms with E-state index < -0.39 is 0 Å². The van der Waals surface area contributed by atoms with E-state index >= 15 is 0 Å². The molecular weight excluding hydrogens is 266 g/mol. The van der Waals surface area contributed by atoms with E-state index in [1.165, 1.54) is 0 Å². The summed E-state index contributed by atoms with van der Waals surface area (Å²) in [5.74, 6) is 0.401. The Morgan fingerprint density at radius 2 is 2.05 bits per heavy atom. The van der Waals surface area contributed by atoms with Crippen molar-refractivity contribution < 1.29 is 9.59 Å². The molecule has 112 valence electrons. The van der Waals surface area contributed by atoms with Crippen LogP contribution in [-0.2, 0) is 4.79 Å². The van der Waals surface area contributed by atoms with Crippen LogP contribution in [0.4, 0.5) is 0 Å². The summed E-state index contributed by atoms with van der Waals surface area (Å²) in [6.45, 7) is 2.74. The molecule has 2 atom stereocenters. The second-order valence-electron chi connectivity index (χ2n) is 5.79. The maximum absolute atomic E-state index is 12.2. The van der Waals surface area contributed by atoms with Crippen LogP contribution in [0.3, 0.4) is 0 Å². The molecule has 5 nitrogen and oxygen atoms in total. The van der Waals surface area contributed by atoms with Crippen molar-refractivity contribution in [3.05, 3.63) is 35.9 Å². The zero-order valence-corrected chi connectivity index (χ0v) is 12.0. The molecule has 2 N–H and O–H groups in total. The normalized spacial score (nSPS) is 24.5. The highest BCUT2D eigenvalue weighted by Crippen LogP contribution is 2.24. The second kappa shape index (κ2) is 6.26. The molecular formula is C16H21N3O2. The topological polar surface area (TPSA) is 61.4 Å². The van der Waals surface area contributed by atoms with Gasteiger partial charge in [0, 0.05) is 24.7 Å². The van der Waals surface area contributed by atoms with Gasteiger partial charge >= 0.3 is 0 Å². The molecule has 0 bridgehead atoms. The van der Waals surface area contributed by atoms with E-state index in [0.29, 0.717) is 17.5 Å². The Morgan fingerprint density at radius 1 is 1.24 bits per heavy atom. The monoisotopic (exact) mass is 287 g/mol. The first kappa shape index (κ1) is 14.1. The highest BCUT2D eigenvalue weighted by molar-refractivity contribution is 5.96. The van der Waals surface area contributed by atoms with Gasteiger partial charge in [-0.25, -0.2) is 0 Å². The lowest BCUT2D eigenvalue weighted by atomic mass is 9.93. The molecule has 2 fully saturated rings. The third-order valence-corrected chi connectivity index (χ3v) is 4.44. The molecule has 0 aromatic heterocycles. The first-order valence-corrected chi connectivity index (χ1v) is 7.58. The number of piperidine rings is 1. The number of nitrogens with zero attached hydrogens (tertiary/aromatic N) is 1. The quantitative estimate of drug-likeness (QED) is 0.857. The minimum atomic E-state index is -0.193. The molecule has 2 aliphatic heterocycles. The van der Waals surface area contributed by atoms with E-state index in [2.05, 4.69) is 10.6 Å². The number of hydrogen-bond donors (Lipinski definition) is 2. The van der Waals surface area contributed by atoms with Crippen LogP contribution in [0.2, 0.25) is 0 Å². The fourth-order valence-electron chi connectivity index (χ4n) is 3.23. The van der Waals surface area contributed by atoms with E-state index in [9.17, 15) is 9.59 Å². The van der Waals surface area contributed by atoms with Gasteiger partial charge in [-0.2, -0.15) is 0 Å². The van der Waals surface area contributed by atoms with Gasteiger partial charge in [0.1, 0.15) is 0 Å². The summed E-state index contributed by atoms with van der Waals surface area (Å²) >= 11 is 0. The average Bonchev–Trinajstić information content (AvgIpc) is 3.00.